The van der Waals surface area contributed by atoms with Crippen LogP contribution in [0.4, 0.5) is 5.69 Å². The Hall–Kier alpha value is -2.54. The molecule has 0 atom stereocenters. The fourth-order valence-corrected chi connectivity index (χ4v) is 2.24. The van der Waals surface area contributed by atoms with Crippen LogP contribution in [0, 0.1) is 0 Å². The van der Waals surface area contributed by atoms with Gasteiger partial charge in [-0.15, -0.1) is 11.3 Å². The lowest BCUT2D eigenvalue weighted by Gasteiger charge is -2.10. The first kappa shape index (κ1) is 15.8. The van der Waals surface area contributed by atoms with Crippen LogP contribution in [-0.4, -0.2) is 32.9 Å². The van der Waals surface area contributed by atoms with E-state index >= 15 is 0 Å². The van der Waals surface area contributed by atoms with Crippen molar-refractivity contribution in [2.45, 2.75) is 0 Å². The van der Waals surface area contributed by atoms with E-state index in [0.717, 1.165) is 4.88 Å². The average Bonchev–Trinajstić information content (AvgIpc) is 3.04. The summed E-state index contributed by atoms with van der Waals surface area (Å²) in [6, 6.07) is 8.92. The number of nitrogens with zero attached hydrogens (tertiary/aromatic N) is 1. The number of rotatable bonds is 7. The second kappa shape index (κ2) is 8.04. The molecule has 1 aromatic heterocycles. The van der Waals surface area contributed by atoms with E-state index in [1.54, 1.807) is 31.5 Å². The SMILES string of the molecule is COc1ccc(NC(=O)CON=Cc2cccs2)cc1OC. The summed E-state index contributed by atoms with van der Waals surface area (Å²) in [5.74, 6) is 0.824. The molecular weight excluding hydrogens is 304 g/mol. The van der Waals surface area contributed by atoms with E-state index in [2.05, 4.69) is 10.5 Å². The zero-order valence-electron chi connectivity index (χ0n) is 12.2. The molecule has 7 heteroatoms. The molecular formula is C15H16N2O4S. The molecule has 1 amide bonds. The van der Waals surface area contributed by atoms with Gasteiger partial charge in [0.05, 0.1) is 20.4 Å². The number of amides is 1. The fraction of sp³-hybridized carbons (Fsp3) is 0.200. The molecule has 0 unspecified atom stereocenters. The zero-order valence-corrected chi connectivity index (χ0v) is 13.1. The lowest BCUT2D eigenvalue weighted by Crippen LogP contribution is -2.17. The number of anilines is 1. The first-order valence-corrected chi connectivity index (χ1v) is 7.31. The number of carbonyl (C=O) groups excluding carboxylic acids is 1. The van der Waals surface area contributed by atoms with E-state index in [4.69, 9.17) is 14.3 Å². The third-order valence-corrected chi connectivity index (χ3v) is 3.47. The van der Waals surface area contributed by atoms with E-state index in [1.165, 1.54) is 18.4 Å². The van der Waals surface area contributed by atoms with E-state index < -0.39 is 0 Å². The van der Waals surface area contributed by atoms with Crippen LogP contribution in [-0.2, 0) is 9.63 Å². The molecule has 1 heterocycles. The van der Waals surface area contributed by atoms with Gasteiger partial charge in [0.1, 0.15) is 0 Å². The van der Waals surface area contributed by atoms with Crippen molar-refractivity contribution >= 4 is 29.1 Å². The van der Waals surface area contributed by atoms with Gasteiger partial charge in [0, 0.05) is 16.6 Å². The molecule has 6 nitrogen and oxygen atoms in total. The fourth-order valence-electron chi connectivity index (χ4n) is 1.66. The highest BCUT2D eigenvalue weighted by molar-refractivity contribution is 7.11. The minimum Gasteiger partial charge on any atom is -0.493 e. The summed E-state index contributed by atoms with van der Waals surface area (Å²) < 4.78 is 10.3. The molecule has 2 aromatic rings. The van der Waals surface area contributed by atoms with Crippen molar-refractivity contribution in [3.8, 4) is 11.5 Å². The van der Waals surface area contributed by atoms with Gasteiger partial charge in [-0.2, -0.15) is 0 Å². The van der Waals surface area contributed by atoms with Gasteiger partial charge < -0.3 is 19.6 Å². The van der Waals surface area contributed by atoms with Crippen molar-refractivity contribution in [1.29, 1.82) is 0 Å². The maximum atomic E-state index is 11.7. The molecule has 0 aliphatic rings. The molecule has 0 aliphatic heterocycles. The van der Waals surface area contributed by atoms with Gasteiger partial charge >= 0.3 is 0 Å². The lowest BCUT2D eigenvalue weighted by atomic mass is 10.2. The highest BCUT2D eigenvalue weighted by Crippen LogP contribution is 2.29. The molecule has 2 rings (SSSR count). The van der Waals surface area contributed by atoms with Gasteiger partial charge in [0.25, 0.3) is 5.91 Å². The predicted molar refractivity (Wildman–Crippen MR) is 86.0 cm³/mol. The normalized spacial score (nSPS) is 10.5. The number of carbonyl (C=O) groups is 1. The number of hydrogen-bond acceptors (Lipinski definition) is 6. The van der Waals surface area contributed by atoms with E-state index in [9.17, 15) is 4.79 Å². The molecule has 22 heavy (non-hydrogen) atoms. The molecule has 1 aromatic carbocycles. The Kier molecular flexibility index (Phi) is 5.79. The third kappa shape index (κ3) is 4.49. The Balaban J connectivity index is 1.84. The van der Waals surface area contributed by atoms with Crippen LogP contribution in [0.3, 0.4) is 0 Å². The largest absolute Gasteiger partial charge is 0.493 e. The summed E-state index contributed by atoms with van der Waals surface area (Å²) in [6.07, 6.45) is 1.56. The number of thiophene rings is 1. The first-order valence-electron chi connectivity index (χ1n) is 6.43. The van der Waals surface area contributed by atoms with Crippen molar-refractivity contribution in [2.24, 2.45) is 5.16 Å². The first-order chi connectivity index (χ1) is 10.7. The molecule has 0 radical (unpaired) electrons. The van der Waals surface area contributed by atoms with Gasteiger partial charge in [-0.05, 0) is 23.6 Å². The summed E-state index contributed by atoms with van der Waals surface area (Å²) >= 11 is 1.54. The summed E-state index contributed by atoms with van der Waals surface area (Å²) in [5, 5.41) is 8.36. The number of nitrogens with one attached hydrogen (secondary N) is 1. The quantitative estimate of drug-likeness (QED) is 0.629. The highest BCUT2D eigenvalue weighted by atomic mass is 32.1. The van der Waals surface area contributed by atoms with Crippen LogP contribution in [0.2, 0.25) is 0 Å². The van der Waals surface area contributed by atoms with Crippen molar-refractivity contribution in [3.63, 3.8) is 0 Å². The number of benzene rings is 1. The van der Waals surface area contributed by atoms with Crippen LogP contribution >= 0.6 is 11.3 Å². The minimum atomic E-state index is -0.310. The van der Waals surface area contributed by atoms with Gasteiger partial charge in [-0.1, -0.05) is 11.2 Å². The monoisotopic (exact) mass is 320 g/mol. The molecule has 0 saturated heterocycles. The maximum Gasteiger partial charge on any atom is 0.265 e. The van der Waals surface area contributed by atoms with Gasteiger partial charge in [0.15, 0.2) is 18.1 Å². The van der Waals surface area contributed by atoms with Crippen LogP contribution in [0.25, 0.3) is 0 Å². The minimum absolute atomic E-state index is 0.170. The molecule has 0 fully saturated rings. The van der Waals surface area contributed by atoms with Crippen LogP contribution in [0.1, 0.15) is 4.88 Å². The van der Waals surface area contributed by atoms with Gasteiger partial charge in [0.2, 0.25) is 0 Å². The third-order valence-electron chi connectivity index (χ3n) is 2.66. The maximum absolute atomic E-state index is 11.7. The molecule has 116 valence electrons. The summed E-state index contributed by atoms with van der Waals surface area (Å²) in [5.41, 5.74) is 0.591. The zero-order chi connectivity index (χ0) is 15.8. The Morgan fingerprint density at radius 1 is 1.27 bits per heavy atom. The summed E-state index contributed by atoms with van der Waals surface area (Å²) in [4.78, 5) is 17.7. The topological polar surface area (TPSA) is 69.2 Å². The number of ether oxygens (including phenoxy) is 2. The summed E-state index contributed by atoms with van der Waals surface area (Å²) in [7, 11) is 3.08. The predicted octanol–water partition coefficient (Wildman–Crippen LogP) is 2.75. The highest BCUT2D eigenvalue weighted by Gasteiger charge is 2.07. The number of hydrogen-bond donors (Lipinski definition) is 1. The van der Waals surface area contributed by atoms with Crippen molar-refractivity contribution < 1.29 is 19.1 Å². The average molecular weight is 320 g/mol. The van der Waals surface area contributed by atoms with Crippen molar-refractivity contribution in [2.75, 3.05) is 26.1 Å². The van der Waals surface area contributed by atoms with E-state index in [0.29, 0.717) is 17.2 Å². The molecule has 0 spiro atoms. The summed E-state index contributed by atoms with van der Waals surface area (Å²) in [6.45, 7) is -0.170. The van der Waals surface area contributed by atoms with Gasteiger partial charge in [-0.3, -0.25) is 4.79 Å². The molecule has 0 bridgehead atoms. The number of oxime groups is 1. The lowest BCUT2D eigenvalue weighted by molar-refractivity contribution is -0.120. The smallest absolute Gasteiger partial charge is 0.265 e. The second-order valence-corrected chi connectivity index (χ2v) is 5.12. The van der Waals surface area contributed by atoms with E-state index in [-0.39, 0.29) is 12.5 Å². The molecule has 0 saturated carbocycles. The van der Waals surface area contributed by atoms with E-state index in [1.807, 2.05) is 17.5 Å². The van der Waals surface area contributed by atoms with Crippen LogP contribution in [0.15, 0.2) is 40.9 Å². The Morgan fingerprint density at radius 3 is 2.77 bits per heavy atom. The Labute approximate surface area is 132 Å². The number of methoxy groups -OCH3 is 2. The second-order valence-electron chi connectivity index (χ2n) is 4.14. The molecule has 1 N–H and O–H groups in total. The van der Waals surface area contributed by atoms with Gasteiger partial charge in [-0.25, -0.2) is 0 Å². The Bertz CT molecular complexity index is 641. The van der Waals surface area contributed by atoms with Crippen LogP contribution < -0.4 is 14.8 Å². The van der Waals surface area contributed by atoms with Crippen molar-refractivity contribution in [1.82, 2.24) is 0 Å². The van der Waals surface area contributed by atoms with Crippen molar-refractivity contribution in [3.05, 3.63) is 40.6 Å². The molecule has 0 aliphatic carbocycles. The van der Waals surface area contributed by atoms with Crippen LogP contribution in [0.5, 0.6) is 11.5 Å². The Morgan fingerprint density at radius 2 is 2.09 bits per heavy atom. The standard InChI is InChI=1S/C15H16N2O4S/c1-19-13-6-5-11(8-14(13)20-2)17-15(18)10-21-16-9-12-4-3-7-22-12/h3-9H,10H2,1-2H3,(H,17,18).